The molecule has 0 saturated carbocycles. The summed E-state index contributed by atoms with van der Waals surface area (Å²) in [6.07, 6.45) is -0.235. The molecule has 5 heteroatoms. The molecular weight excluding hydrogens is 234 g/mol. The summed E-state index contributed by atoms with van der Waals surface area (Å²) in [7, 11) is 0. The molecule has 1 fully saturated rings. The fourth-order valence-corrected chi connectivity index (χ4v) is 1.98. The zero-order chi connectivity index (χ0) is 13.1. The van der Waals surface area contributed by atoms with Gasteiger partial charge in [-0.25, -0.2) is 0 Å². The van der Waals surface area contributed by atoms with Crippen LogP contribution in [0.3, 0.4) is 0 Å². The lowest BCUT2D eigenvalue weighted by atomic mass is 9.94. The molecule has 1 aliphatic rings. The minimum atomic E-state index is -1.22. The van der Waals surface area contributed by atoms with E-state index in [9.17, 15) is 14.4 Å². The second-order valence-electron chi connectivity index (χ2n) is 4.30. The zero-order valence-electron chi connectivity index (χ0n) is 9.70. The molecule has 0 spiro atoms. The van der Waals surface area contributed by atoms with Gasteiger partial charge >= 0.3 is 5.97 Å². The molecule has 0 aromatic heterocycles. The van der Waals surface area contributed by atoms with Crippen molar-refractivity contribution in [2.45, 2.75) is 13.0 Å². The molecule has 1 aliphatic heterocycles. The fourth-order valence-electron chi connectivity index (χ4n) is 1.98. The van der Waals surface area contributed by atoms with E-state index in [1.54, 1.807) is 0 Å². The molecule has 2 rings (SSSR count). The summed E-state index contributed by atoms with van der Waals surface area (Å²) < 4.78 is 0. The summed E-state index contributed by atoms with van der Waals surface area (Å²) in [4.78, 5) is 35.6. The first-order valence-corrected chi connectivity index (χ1v) is 5.65. The molecular formula is C13H13NO4. The van der Waals surface area contributed by atoms with Crippen molar-refractivity contribution in [1.82, 2.24) is 4.90 Å². The number of piperidine rings is 1. The third-order valence-electron chi connectivity index (χ3n) is 2.98. The number of Topliss-reactive ketones (excluding diaryl/α,β-unsaturated/α-hetero) is 1. The minimum absolute atomic E-state index is 0.120. The summed E-state index contributed by atoms with van der Waals surface area (Å²) in [5, 5.41) is 8.81. The van der Waals surface area contributed by atoms with Gasteiger partial charge in [-0.2, -0.15) is 0 Å². The van der Waals surface area contributed by atoms with Gasteiger partial charge in [-0.3, -0.25) is 14.4 Å². The van der Waals surface area contributed by atoms with Crippen molar-refractivity contribution in [2.75, 3.05) is 6.54 Å². The van der Waals surface area contributed by atoms with Crippen molar-refractivity contribution in [3.63, 3.8) is 0 Å². The van der Waals surface area contributed by atoms with Gasteiger partial charge in [0, 0.05) is 13.0 Å². The van der Waals surface area contributed by atoms with Crippen molar-refractivity contribution in [2.24, 2.45) is 5.92 Å². The van der Waals surface area contributed by atoms with Gasteiger partial charge in [-0.15, -0.1) is 0 Å². The van der Waals surface area contributed by atoms with E-state index in [1.165, 1.54) is 4.90 Å². The Morgan fingerprint density at radius 3 is 2.56 bits per heavy atom. The Bertz CT molecular complexity index is 483. The summed E-state index contributed by atoms with van der Waals surface area (Å²) in [5.74, 6) is -3.08. The number of benzene rings is 1. The van der Waals surface area contributed by atoms with E-state index in [0.717, 1.165) is 5.56 Å². The van der Waals surface area contributed by atoms with Gasteiger partial charge < -0.3 is 10.0 Å². The van der Waals surface area contributed by atoms with E-state index in [1.807, 2.05) is 30.3 Å². The lowest BCUT2D eigenvalue weighted by Gasteiger charge is -2.28. The Balaban J connectivity index is 2.06. The Kier molecular flexibility index (Phi) is 3.41. The second-order valence-corrected chi connectivity index (χ2v) is 4.30. The van der Waals surface area contributed by atoms with Crippen molar-refractivity contribution in [3.05, 3.63) is 35.9 Å². The molecule has 94 valence electrons. The first kappa shape index (κ1) is 12.3. The number of carbonyl (C=O) groups is 3. The van der Waals surface area contributed by atoms with Crippen LogP contribution in [0.4, 0.5) is 0 Å². The molecule has 0 bridgehead atoms. The lowest BCUT2D eigenvalue weighted by molar-refractivity contribution is -0.155. The van der Waals surface area contributed by atoms with E-state index >= 15 is 0 Å². The maximum atomic E-state index is 11.8. The van der Waals surface area contributed by atoms with Crippen LogP contribution in [-0.2, 0) is 20.9 Å². The van der Waals surface area contributed by atoms with Crippen LogP contribution in [0.1, 0.15) is 12.0 Å². The number of rotatable bonds is 3. The third-order valence-corrected chi connectivity index (χ3v) is 2.98. The fraction of sp³-hybridized carbons (Fsp3) is 0.308. The molecule has 18 heavy (non-hydrogen) atoms. The lowest BCUT2D eigenvalue weighted by Crippen LogP contribution is -2.46. The summed E-state index contributed by atoms with van der Waals surface area (Å²) in [6, 6.07) is 9.30. The molecule has 1 aromatic rings. The van der Waals surface area contributed by atoms with Crippen LogP contribution in [-0.4, -0.2) is 34.2 Å². The Labute approximate surface area is 104 Å². The number of carboxylic acid groups (broad SMARTS) is 1. The number of hydrogen-bond acceptors (Lipinski definition) is 3. The van der Waals surface area contributed by atoms with Crippen molar-refractivity contribution in [3.8, 4) is 0 Å². The Hall–Kier alpha value is -2.17. The monoisotopic (exact) mass is 247 g/mol. The van der Waals surface area contributed by atoms with Gasteiger partial charge in [0.15, 0.2) is 5.78 Å². The van der Waals surface area contributed by atoms with E-state index in [4.69, 9.17) is 5.11 Å². The highest BCUT2D eigenvalue weighted by Gasteiger charge is 2.36. The van der Waals surface area contributed by atoms with Gasteiger partial charge in [-0.1, -0.05) is 30.3 Å². The van der Waals surface area contributed by atoms with Gasteiger partial charge in [-0.05, 0) is 5.56 Å². The maximum absolute atomic E-state index is 11.8. The van der Waals surface area contributed by atoms with Crippen molar-refractivity contribution >= 4 is 17.7 Å². The summed E-state index contributed by atoms with van der Waals surface area (Å²) >= 11 is 0. The van der Waals surface area contributed by atoms with Crippen LogP contribution in [0, 0.1) is 5.92 Å². The maximum Gasteiger partial charge on any atom is 0.314 e. The van der Waals surface area contributed by atoms with Gasteiger partial charge in [0.25, 0.3) is 0 Å². The largest absolute Gasteiger partial charge is 0.481 e. The molecule has 1 saturated heterocycles. The smallest absolute Gasteiger partial charge is 0.314 e. The molecule has 5 nitrogen and oxygen atoms in total. The number of carboxylic acids is 1. The molecule has 1 amide bonds. The number of likely N-dealkylation sites (tertiary alicyclic amines) is 1. The normalized spacial score (nSPS) is 20.0. The van der Waals surface area contributed by atoms with Crippen LogP contribution < -0.4 is 0 Å². The van der Waals surface area contributed by atoms with Crippen LogP contribution in [0.5, 0.6) is 0 Å². The highest BCUT2D eigenvalue weighted by Crippen LogP contribution is 2.17. The van der Waals surface area contributed by atoms with Gasteiger partial charge in [0.1, 0.15) is 5.92 Å². The zero-order valence-corrected chi connectivity index (χ0v) is 9.70. The first-order valence-electron chi connectivity index (χ1n) is 5.65. The number of amides is 1. The molecule has 1 unspecified atom stereocenters. The molecule has 0 aliphatic carbocycles. The van der Waals surface area contributed by atoms with E-state index < -0.39 is 17.7 Å². The van der Waals surface area contributed by atoms with E-state index in [2.05, 4.69) is 0 Å². The predicted octanol–water partition coefficient (Wildman–Crippen LogP) is 0.689. The van der Waals surface area contributed by atoms with Crippen LogP contribution in [0.2, 0.25) is 0 Å². The first-order chi connectivity index (χ1) is 8.58. The number of nitrogens with zero attached hydrogens (tertiary/aromatic N) is 1. The Morgan fingerprint density at radius 2 is 1.94 bits per heavy atom. The Morgan fingerprint density at radius 1 is 1.28 bits per heavy atom. The predicted molar refractivity (Wildman–Crippen MR) is 62.6 cm³/mol. The van der Waals surface area contributed by atoms with Crippen molar-refractivity contribution in [1.29, 1.82) is 0 Å². The highest BCUT2D eigenvalue weighted by molar-refractivity contribution is 6.05. The average Bonchev–Trinajstić information content (AvgIpc) is 2.34. The summed E-state index contributed by atoms with van der Waals surface area (Å²) in [5.41, 5.74) is 0.924. The number of aliphatic carboxylic acids is 1. The molecule has 1 atom stereocenters. The molecule has 1 aromatic carbocycles. The molecule has 0 radical (unpaired) electrons. The van der Waals surface area contributed by atoms with Crippen LogP contribution in [0.25, 0.3) is 0 Å². The van der Waals surface area contributed by atoms with Crippen molar-refractivity contribution < 1.29 is 19.5 Å². The average molecular weight is 247 g/mol. The SMILES string of the molecule is O=C(O)C1CC(=O)N(Cc2ccccc2)CC1=O. The van der Waals surface area contributed by atoms with E-state index in [0.29, 0.717) is 6.54 Å². The van der Waals surface area contributed by atoms with Gasteiger partial charge in [0.2, 0.25) is 5.91 Å². The molecule has 1 N–H and O–H groups in total. The van der Waals surface area contributed by atoms with E-state index in [-0.39, 0.29) is 18.9 Å². The topological polar surface area (TPSA) is 74.7 Å². The number of carbonyl (C=O) groups excluding carboxylic acids is 2. The second kappa shape index (κ2) is 5.00. The minimum Gasteiger partial charge on any atom is -0.481 e. The van der Waals surface area contributed by atoms with Gasteiger partial charge in [0.05, 0.1) is 6.54 Å². The molecule has 1 heterocycles. The third kappa shape index (κ3) is 2.56. The number of ketones is 1. The summed E-state index contributed by atoms with van der Waals surface area (Å²) in [6.45, 7) is 0.225. The standard InChI is InChI=1S/C13H13NO4/c15-11-8-14(7-9-4-2-1-3-5-9)12(16)6-10(11)13(17)18/h1-5,10H,6-8H2,(H,17,18). The van der Waals surface area contributed by atoms with Crippen LogP contribution >= 0.6 is 0 Å². The quantitative estimate of drug-likeness (QED) is 0.797. The van der Waals surface area contributed by atoms with Crippen LogP contribution in [0.15, 0.2) is 30.3 Å². The highest BCUT2D eigenvalue weighted by atomic mass is 16.4. The number of hydrogen-bond donors (Lipinski definition) is 1.